The Hall–Kier alpha value is -1.88. The fourth-order valence-corrected chi connectivity index (χ4v) is 0.610. The number of benzene rings is 1. The van der Waals surface area contributed by atoms with Crippen LogP contribution in [0.15, 0.2) is 41.5 Å². The molecule has 0 atom stereocenters. The summed E-state index contributed by atoms with van der Waals surface area (Å²) in [6.45, 7) is 1.45. The van der Waals surface area contributed by atoms with E-state index in [1.54, 1.807) is 0 Å². The topological polar surface area (TPSA) is 84.6 Å². The number of primary amides is 1. The molecular weight excluding hydrogens is 230 g/mol. The molecule has 16 heavy (non-hydrogen) atoms. The Morgan fingerprint density at radius 1 is 1.12 bits per heavy atom. The van der Waals surface area contributed by atoms with Gasteiger partial charge in [-0.05, 0) is 6.92 Å². The van der Waals surface area contributed by atoms with Crippen molar-refractivity contribution in [1.29, 1.82) is 0 Å². The number of nitrogens with zero attached hydrogens (tertiary/aromatic N) is 1. The van der Waals surface area contributed by atoms with E-state index in [0.717, 1.165) is 0 Å². The first-order valence-electron chi connectivity index (χ1n) is 4.33. The lowest BCUT2D eigenvalue weighted by Crippen LogP contribution is -2.33. The van der Waals surface area contributed by atoms with Crippen molar-refractivity contribution in [3.8, 4) is 0 Å². The highest BCUT2D eigenvalue weighted by atomic mass is 35.5. The number of nitrogens with two attached hydrogens (primary N) is 1. The van der Waals surface area contributed by atoms with E-state index in [4.69, 9.17) is 11.6 Å². The third kappa shape index (κ3) is 8.71. The van der Waals surface area contributed by atoms with Gasteiger partial charge in [-0.1, -0.05) is 48.0 Å². The summed E-state index contributed by atoms with van der Waals surface area (Å²) in [4.78, 5) is 20.3. The van der Waals surface area contributed by atoms with Gasteiger partial charge in [0.25, 0.3) is 0 Å². The van der Waals surface area contributed by atoms with E-state index in [-0.39, 0.29) is 5.17 Å². The number of hydrogen-bond donors (Lipinski definition) is 2. The summed E-state index contributed by atoms with van der Waals surface area (Å²) in [5.74, 6) is -2.08. The van der Waals surface area contributed by atoms with E-state index >= 15 is 0 Å². The van der Waals surface area contributed by atoms with Crippen molar-refractivity contribution < 1.29 is 9.59 Å². The van der Waals surface area contributed by atoms with Gasteiger partial charge in [0.05, 0.1) is 0 Å². The molecule has 0 aliphatic heterocycles. The maximum Gasteiger partial charge on any atom is 0.329 e. The van der Waals surface area contributed by atoms with Crippen LogP contribution in [0.3, 0.4) is 0 Å². The van der Waals surface area contributed by atoms with Crippen molar-refractivity contribution >= 4 is 28.6 Å². The molecule has 0 saturated heterocycles. The van der Waals surface area contributed by atoms with Crippen LogP contribution >= 0.6 is 11.6 Å². The highest BCUT2D eigenvalue weighted by Crippen LogP contribution is 1.80. The molecule has 2 amide bonds. The summed E-state index contributed by atoms with van der Waals surface area (Å²) >= 11 is 5.21. The molecule has 0 saturated carbocycles. The number of nitrogens with one attached hydrogen (secondary N) is 1. The lowest BCUT2D eigenvalue weighted by molar-refractivity contribution is -0.137. The normalized spacial score (nSPS) is 9.75. The Morgan fingerprint density at radius 3 is 1.75 bits per heavy atom. The lowest BCUT2D eigenvalue weighted by Gasteiger charge is -1.91. The van der Waals surface area contributed by atoms with Crippen molar-refractivity contribution in [2.24, 2.45) is 10.8 Å². The molecule has 0 fully saturated rings. The van der Waals surface area contributed by atoms with Gasteiger partial charge in [0.2, 0.25) is 0 Å². The van der Waals surface area contributed by atoms with E-state index in [1.807, 2.05) is 41.8 Å². The third-order valence-electron chi connectivity index (χ3n) is 1.20. The predicted octanol–water partition coefficient (Wildman–Crippen LogP) is 0.847. The second-order valence-electron chi connectivity index (χ2n) is 2.57. The van der Waals surface area contributed by atoms with E-state index < -0.39 is 11.8 Å². The number of halogens is 1. The van der Waals surface area contributed by atoms with Gasteiger partial charge in [0.1, 0.15) is 5.17 Å². The summed E-state index contributed by atoms with van der Waals surface area (Å²) in [6, 6.07) is 12.0. The summed E-state index contributed by atoms with van der Waals surface area (Å²) in [6.07, 6.45) is 0. The van der Waals surface area contributed by atoms with Crippen LogP contribution in [-0.2, 0) is 9.59 Å². The molecule has 5 nitrogen and oxygen atoms in total. The molecule has 6 heteroatoms. The number of hydrogen-bond acceptors (Lipinski definition) is 3. The molecule has 0 aliphatic carbocycles. The van der Waals surface area contributed by atoms with Crippen molar-refractivity contribution in [2.45, 2.75) is 6.92 Å². The van der Waals surface area contributed by atoms with Crippen LogP contribution in [0.4, 0.5) is 0 Å². The highest BCUT2D eigenvalue weighted by molar-refractivity contribution is 6.64. The molecule has 3 N–H and O–H groups in total. The average molecular weight is 242 g/mol. The van der Waals surface area contributed by atoms with Gasteiger partial charge in [-0.3, -0.25) is 9.59 Å². The molecular formula is C10H12ClN3O2. The molecule has 86 valence electrons. The minimum atomic E-state index is -1.10. The highest BCUT2D eigenvalue weighted by Gasteiger charge is 2.05. The minimum Gasteiger partial charge on any atom is -0.361 e. The smallest absolute Gasteiger partial charge is 0.329 e. The maximum absolute atomic E-state index is 10.3. The maximum atomic E-state index is 10.3. The predicted molar refractivity (Wildman–Crippen MR) is 62.7 cm³/mol. The van der Waals surface area contributed by atoms with Crippen molar-refractivity contribution in [2.75, 3.05) is 0 Å². The first-order chi connectivity index (χ1) is 7.54. The standard InChI is InChI=1S/C6H6.C4H6ClN3O2/c1-2-4-6-5-3-1;1-2(5)7-8-4(10)3(6)9/h1-6H;1H3,(H2,6,9)(H,8,10). The number of carbonyl (C=O) groups excluding carboxylic acids is 2. The zero-order valence-electron chi connectivity index (χ0n) is 8.68. The number of rotatable bonds is 1. The molecule has 0 heterocycles. The molecule has 0 aliphatic rings. The lowest BCUT2D eigenvalue weighted by atomic mass is 10.4. The molecule has 0 unspecified atom stereocenters. The Balaban J connectivity index is 0.000000315. The molecule has 0 aromatic heterocycles. The fraction of sp³-hybridized carbons (Fsp3) is 0.100. The Bertz CT molecular complexity index is 335. The van der Waals surface area contributed by atoms with Crippen LogP contribution < -0.4 is 11.2 Å². The van der Waals surface area contributed by atoms with Crippen molar-refractivity contribution in [3.05, 3.63) is 36.4 Å². The molecule has 0 radical (unpaired) electrons. The van der Waals surface area contributed by atoms with Gasteiger partial charge in [-0.15, -0.1) is 0 Å². The van der Waals surface area contributed by atoms with Crippen LogP contribution in [-0.4, -0.2) is 17.0 Å². The van der Waals surface area contributed by atoms with Gasteiger partial charge in [-0.25, -0.2) is 5.43 Å². The van der Waals surface area contributed by atoms with Crippen molar-refractivity contribution in [1.82, 2.24) is 5.43 Å². The van der Waals surface area contributed by atoms with E-state index in [1.165, 1.54) is 6.92 Å². The Morgan fingerprint density at radius 2 is 1.50 bits per heavy atom. The Labute approximate surface area is 98.3 Å². The minimum absolute atomic E-state index is 0.120. The zero-order chi connectivity index (χ0) is 12.4. The van der Waals surface area contributed by atoms with Crippen LogP contribution in [0.1, 0.15) is 6.92 Å². The Kier molecular flexibility index (Phi) is 7.44. The van der Waals surface area contributed by atoms with Gasteiger partial charge in [0.15, 0.2) is 0 Å². The molecule has 1 aromatic carbocycles. The number of hydrazone groups is 1. The summed E-state index contributed by atoms with van der Waals surface area (Å²) in [5, 5.41) is 3.35. The number of carbonyl (C=O) groups is 2. The van der Waals surface area contributed by atoms with Gasteiger partial charge in [0, 0.05) is 0 Å². The molecule has 1 rings (SSSR count). The summed E-state index contributed by atoms with van der Waals surface area (Å²) in [7, 11) is 0. The second-order valence-corrected chi connectivity index (χ2v) is 3.12. The van der Waals surface area contributed by atoms with Crippen LogP contribution in [0.25, 0.3) is 0 Å². The number of amides is 2. The van der Waals surface area contributed by atoms with Gasteiger partial charge in [-0.2, -0.15) is 5.10 Å². The molecule has 0 spiro atoms. The largest absolute Gasteiger partial charge is 0.361 e. The first-order valence-corrected chi connectivity index (χ1v) is 4.71. The van der Waals surface area contributed by atoms with E-state index in [0.29, 0.717) is 0 Å². The first kappa shape index (κ1) is 14.1. The van der Waals surface area contributed by atoms with Gasteiger partial charge < -0.3 is 5.73 Å². The summed E-state index contributed by atoms with van der Waals surface area (Å²) < 4.78 is 0. The van der Waals surface area contributed by atoms with E-state index in [9.17, 15) is 9.59 Å². The molecule has 0 bridgehead atoms. The quantitative estimate of drug-likeness (QED) is 0.434. The zero-order valence-corrected chi connectivity index (χ0v) is 9.44. The van der Waals surface area contributed by atoms with Crippen LogP contribution in [0.5, 0.6) is 0 Å². The van der Waals surface area contributed by atoms with Crippen molar-refractivity contribution in [3.63, 3.8) is 0 Å². The van der Waals surface area contributed by atoms with Crippen LogP contribution in [0.2, 0.25) is 0 Å². The van der Waals surface area contributed by atoms with Gasteiger partial charge >= 0.3 is 11.8 Å². The second kappa shape index (κ2) is 8.43. The SMILES string of the molecule is CC(Cl)=NNC(=O)C(N)=O.c1ccccc1. The van der Waals surface area contributed by atoms with Crippen LogP contribution in [0, 0.1) is 0 Å². The van der Waals surface area contributed by atoms with E-state index in [2.05, 4.69) is 10.8 Å². The summed E-state index contributed by atoms with van der Waals surface area (Å²) in [5.41, 5.74) is 6.38. The monoisotopic (exact) mass is 241 g/mol. The fourth-order valence-electron chi connectivity index (χ4n) is 0.568. The average Bonchev–Trinajstić information content (AvgIpc) is 2.28. The third-order valence-corrected chi connectivity index (χ3v) is 1.29. The molecule has 1 aromatic rings.